The predicted molar refractivity (Wildman–Crippen MR) is 77.0 cm³/mol. The van der Waals surface area contributed by atoms with Crippen LogP contribution in [0.15, 0.2) is 16.6 Å². The fourth-order valence-corrected chi connectivity index (χ4v) is 3.23. The van der Waals surface area contributed by atoms with Gasteiger partial charge < -0.3 is 4.74 Å². The summed E-state index contributed by atoms with van der Waals surface area (Å²) in [5.41, 5.74) is 2.76. The van der Waals surface area contributed by atoms with Gasteiger partial charge in [0, 0.05) is 24.1 Å². The van der Waals surface area contributed by atoms with Crippen molar-refractivity contribution < 1.29 is 13.5 Å². The third kappa shape index (κ3) is 3.19. The van der Waals surface area contributed by atoms with Gasteiger partial charge in [-0.2, -0.15) is 0 Å². The van der Waals surface area contributed by atoms with E-state index in [1.54, 1.807) is 0 Å². The molecule has 0 bridgehead atoms. The van der Waals surface area contributed by atoms with Crippen LogP contribution in [-0.4, -0.2) is 18.8 Å². The molecular weight excluding hydrogens is 330 g/mol. The number of benzene rings is 1. The van der Waals surface area contributed by atoms with Crippen LogP contribution in [0.1, 0.15) is 25.3 Å². The quantitative estimate of drug-likeness (QED) is 0.488. The number of nitrogens with one attached hydrogen (secondary N) is 1. The van der Waals surface area contributed by atoms with Crippen LogP contribution in [-0.2, 0) is 11.2 Å². The number of hydrazine groups is 1. The third-order valence-corrected chi connectivity index (χ3v) is 4.57. The molecule has 1 heterocycles. The Hall–Kier alpha value is -0.560. The van der Waals surface area contributed by atoms with Gasteiger partial charge >= 0.3 is 0 Å². The van der Waals surface area contributed by atoms with Crippen LogP contribution < -0.4 is 11.3 Å². The molecule has 1 fully saturated rings. The second-order valence-corrected chi connectivity index (χ2v) is 5.92. The van der Waals surface area contributed by atoms with Gasteiger partial charge in [0.25, 0.3) is 0 Å². The van der Waals surface area contributed by atoms with Crippen molar-refractivity contribution in [3.63, 3.8) is 0 Å². The predicted octanol–water partition coefficient (Wildman–Crippen LogP) is 2.92. The summed E-state index contributed by atoms with van der Waals surface area (Å²) in [6.45, 7) is 2.71. The summed E-state index contributed by atoms with van der Waals surface area (Å²) < 4.78 is 33.8. The van der Waals surface area contributed by atoms with E-state index < -0.39 is 11.6 Å². The lowest BCUT2D eigenvalue weighted by molar-refractivity contribution is 0.0772. The summed E-state index contributed by atoms with van der Waals surface area (Å²) >= 11 is 3.08. The van der Waals surface area contributed by atoms with Crippen LogP contribution in [0.2, 0.25) is 0 Å². The maximum Gasteiger partial charge on any atom is 0.143 e. The maximum atomic E-state index is 14.0. The highest BCUT2D eigenvalue weighted by Crippen LogP contribution is 2.30. The third-order valence-electron chi connectivity index (χ3n) is 3.96. The first-order valence-electron chi connectivity index (χ1n) is 6.78. The Morgan fingerprint density at radius 3 is 2.90 bits per heavy atom. The molecule has 0 saturated carbocycles. The second-order valence-electron chi connectivity index (χ2n) is 5.07. The van der Waals surface area contributed by atoms with Gasteiger partial charge in [-0.1, -0.05) is 6.92 Å². The van der Waals surface area contributed by atoms with Crippen molar-refractivity contribution in [2.45, 2.75) is 38.3 Å². The molecule has 0 aliphatic carbocycles. The molecular formula is C14H19BrF2N2O. The average molecular weight is 349 g/mol. The summed E-state index contributed by atoms with van der Waals surface area (Å²) in [7, 11) is 0. The number of hydrogen-bond donors (Lipinski definition) is 2. The second kappa shape index (κ2) is 6.93. The number of rotatable bonds is 5. The summed E-state index contributed by atoms with van der Waals surface area (Å²) in [6, 6.07) is 2.42. The first kappa shape index (κ1) is 15.8. The van der Waals surface area contributed by atoms with E-state index in [1.165, 1.54) is 12.1 Å². The Balaban J connectivity index is 2.20. The van der Waals surface area contributed by atoms with Crippen LogP contribution in [0.25, 0.3) is 0 Å². The van der Waals surface area contributed by atoms with Crippen LogP contribution >= 0.6 is 15.9 Å². The van der Waals surface area contributed by atoms with Crippen molar-refractivity contribution in [3.05, 3.63) is 33.8 Å². The van der Waals surface area contributed by atoms with Gasteiger partial charge in [0.1, 0.15) is 11.6 Å². The van der Waals surface area contributed by atoms with E-state index in [4.69, 9.17) is 10.6 Å². The Kier molecular flexibility index (Phi) is 5.49. The van der Waals surface area contributed by atoms with Crippen LogP contribution in [0.3, 0.4) is 0 Å². The lowest BCUT2D eigenvalue weighted by atomic mass is 9.87. The van der Waals surface area contributed by atoms with Gasteiger partial charge in [0.15, 0.2) is 0 Å². The van der Waals surface area contributed by atoms with Gasteiger partial charge in [0.05, 0.1) is 10.6 Å². The molecule has 0 spiro atoms. The Labute approximate surface area is 126 Å². The van der Waals surface area contributed by atoms with Crippen molar-refractivity contribution in [2.24, 2.45) is 11.8 Å². The molecule has 3 nitrogen and oxygen atoms in total. The van der Waals surface area contributed by atoms with Crippen LogP contribution in [0.5, 0.6) is 0 Å². The molecule has 2 rings (SSSR count). The Bertz CT molecular complexity index is 473. The van der Waals surface area contributed by atoms with Gasteiger partial charge in [-0.25, -0.2) is 8.78 Å². The van der Waals surface area contributed by atoms with E-state index in [-0.39, 0.29) is 34.5 Å². The van der Waals surface area contributed by atoms with Gasteiger partial charge in [-0.15, -0.1) is 0 Å². The zero-order valence-corrected chi connectivity index (χ0v) is 12.9. The van der Waals surface area contributed by atoms with Gasteiger partial charge in [0.2, 0.25) is 0 Å². The lowest BCUT2D eigenvalue weighted by Gasteiger charge is -2.27. The first-order chi connectivity index (χ1) is 9.58. The van der Waals surface area contributed by atoms with Gasteiger partial charge in [-0.3, -0.25) is 11.3 Å². The van der Waals surface area contributed by atoms with Crippen LogP contribution in [0.4, 0.5) is 8.78 Å². The molecule has 0 radical (unpaired) electrons. The Morgan fingerprint density at radius 1 is 1.50 bits per heavy atom. The van der Waals surface area contributed by atoms with Crippen molar-refractivity contribution >= 4 is 15.9 Å². The first-order valence-corrected chi connectivity index (χ1v) is 7.57. The molecule has 1 aliphatic rings. The van der Waals surface area contributed by atoms with Crippen molar-refractivity contribution in [3.8, 4) is 0 Å². The van der Waals surface area contributed by atoms with Crippen molar-refractivity contribution in [1.29, 1.82) is 0 Å². The normalized spacial score (nSPS) is 24.1. The average Bonchev–Trinajstić information content (AvgIpc) is 2.92. The molecule has 3 N–H and O–H groups in total. The molecule has 1 aliphatic heterocycles. The zero-order valence-electron chi connectivity index (χ0n) is 11.3. The summed E-state index contributed by atoms with van der Waals surface area (Å²) in [4.78, 5) is 0. The molecule has 0 amide bonds. The van der Waals surface area contributed by atoms with Crippen molar-refractivity contribution in [2.75, 3.05) is 6.61 Å². The largest absolute Gasteiger partial charge is 0.378 e. The minimum Gasteiger partial charge on any atom is -0.378 e. The summed E-state index contributed by atoms with van der Waals surface area (Å²) in [5.74, 6) is 4.66. The molecule has 1 aromatic carbocycles. The van der Waals surface area contributed by atoms with E-state index in [2.05, 4.69) is 21.4 Å². The highest BCUT2D eigenvalue weighted by atomic mass is 79.9. The molecule has 6 heteroatoms. The molecule has 3 unspecified atom stereocenters. The SMILES string of the molecule is CCC1OCCC1C(Cc1c(F)ccc(Br)c1F)NN. The summed E-state index contributed by atoms with van der Waals surface area (Å²) in [5, 5.41) is 0. The fraction of sp³-hybridized carbons (Fsp3) is 0.571. The molecule has 1 aromatic rings. The van der Waals surface area contributed by atoms with E-state index in [1.807, 2.05) is 6.92 Å². The van der Waals surface area contributed by atoms with Crippen LogP contribution in [0, 0.1) is 17.6 Å². The fourth-order valence-electron chi connectivity index (χ4n) is 2.86. The van der Waals surface area contributed by atoms with E-state index in [0.717, 1.165) is 12.8 Å². The minimum atomic E-state index is -0.558. The van der Waals surface area contributed by atoms with Crippen molar-refractivity contribution in [1.82, 2.24) is 5.43 Å². The maximum absolute atomic E-state index is 14.0. The smallest absolute Gasteiger partial charge is 0.143 e. The molecule has 20 heavy (non-hydrogen) atoms. The Morgan fingerprint density at radius 2 is 2.25 bits per heavy atom. The highest BCUT2D eigenvalue weighted by molar-refractivity contribution is 9.10. The monoisotopic (exact) mass is 348 g/mol. The number of nitrogens with two attached hydrogens (primary N) is 1. The standard InChI is InChI=1S/C14H19BrF2N2O/c1-2-13-8(5-6-20-13)12(19-18)7-9-11(16)4-3-10(15)14(9)17/h3-4,8,12-13,19H,2,5-7,18H2,1H3. The highest BCUT2D eigenvalue weighted by Gasteiger charge is 2.34. The molecule has 0 aromatic heterocycles. The summed E-state index contributed by atoms with van der Waals surface area (Å²) in [6.07, 6.45) is 2.02. The number of hydrogen-bond acceptors (Lipinski definition) is 3. The minimum absolute atomic E-state index is 0.0593. The zero-order chi connectivity index (χ0) is 14.7. The topological polar surface area (TPSA) is 47.3 Å². The number of ether oxygens (including phenoxy) is 1. The molecule has 3 atom stereocenters. The molecule has 1 saturated heterocycles. The van der Waals surface area contributed by atoms with Gasteiger partial charge in [-0.05, 0) is 47.3 Å². The number of halogens is 3. The lowest BCUT2D eigenvalue weighted by Crippen LogP contribution is -2.45. The van der Waals surface area contributed by atoms with E-state index in [9.17, 15) is 8.78 Å². The molecule has 112 valence electrons. The van der Waals surface area contributed by atoms with E-state index >= 15 is 0 Å². The van der Waals surface area contributed by atoms with E-state index in [0.29, 0.717) is 6.61 Å².